The molecule has 2 atom stereocenters. The van der Waals surface area contributed by atoms with E-state index in [9.17, 15) is 14.4 Å². The molecule has 5 rings (SSSR count). The molecule has 0 bridgehead atoms. The third-order valence-electron chi connectivity index (χ3n) is 8.28. The summed E-state index contributed by atoms with van der Waals surface area (Å²) in [7, 11) is 0. The summed E-state index contributed by atoms with van der Waals surface area (Å²) in [6.45, 7) is 10.7. The molecule has 2 unspecified atom stereocenters. The zero-order valence-electron chi connectivity index (χ0n) is 26.4. The molecular weight excluding hydrogens is 601 g/mol. The molecule has 234 valence electrons. The molecule has 1 aliphatic rings. The molecule has 8 heteroatoms. The number of benzene rings is 3. The average molecular weight is 641 g/mol. The van der Waals surface area contributed by atoms with Gasteiger partial charge in [0.15, 0.2) is 0 Å². The van der Waals surface area contributed by atoms with Crippen molar-refractivity contribution in [3.63, 3.8) is 0 Å². The fraction of sp³-hybridized carbons (Fsp3) is 0.324. The van der Waals surface area contributed by atoms with Crippen LogP contribution in [-0.4, -0.2) is 24.4 Å². The number of hydrogen-bond donors (Lipinski definition) is 2. The standard InChI is InChI=1S/C37H40N2O4S2/c1-6-43-36(42)31-29-20-19-25(37(3,4)5)21-30(29)45-35(31)39-34(41)32(24-14-8-7-9-15-24)44-27-17-12-16-26(22-27)38-33(40)28-18-11-10-13-23(28)2/h7-18,22,25,32H,6,19-21H2,1-5H3,(H,38,40)(H,39,41). The van der Waals surface area contributed by atoms with Crippen LogP contribution in [0.5, 0.6) is 0 Å². The molecule has 1 aliphatic carbocycles. The van der Waals surface area contributed by atoms with Crippen molar-refractivity contribution in [1.82, 2.24) is 0 Å². The van der Waals surface area contributed by atoms with Crippen LogP contribution in [0, 0.1) is 18.3 Å². The molecule has 3 aromatic carbocycles. The number of fused-ring (bicyclic) bond motifs is 1. The number of nitrogens with one attached hydrogen (secondary N) is 2. The molecule has 1 aromatic heterocycles. The van der Waals surface area contributed by atoms with Gasteiger partial charge in [-0.2, -0.15) is 0 Å². The highest BCUT2D eigenvalue weighted by Gasteiger charge is 2.35. The largest absolute Gasteiger partial charge is 0.462 e. The number of thioether (sulfide) groups is 1. The SMILES string of the molecule is CCOC(=O)c1c(NC(=O)C(Sc2cccc(NC(=O)c3ccccc3C)c2)c2ccccc2)sc2c1CCC(C(C)(C)C)C2. The highest BCUT2D eigenvalue weighted by molar-refractivity contribution is 8.00. The summed E-state index contributed by atoms with van der Waals surface area (Å²) < 4.78 is 5.47. The Hall–Kier alpha value is -3.88. The van der Waals surface area contributed by atoms with Crippen LogP contribution in [0.4, 0.5) is 10.7 Å². The number of rotatable bonds is 9. The minimum atomic E-state index is -0.606. The van der Waals surface area contributed by atoms with Crippen LogP contribution in [0.3, 0.4) is 0 Å². The van der Waals surface area contributed by atoms with E-state index in [1.165, 1.54) is 23.1 Å². The Morgan fingerprint density at radius 3 is 2.42 bits per heavy atom. The molecule has 6 nitrogen and oxygen atoms in total. The first kappa shape index (κ1) is 32.5. The zero-order chi connectivity index (χ0) is 32.1. The number of esters is 1. The first-order valence-electron chi connectivity index (χ1n) is 15.4. The van der Waals surface area contributed by atoms with E-state index in [0.717, 1.165) is 45.7 Å². The predicted molar refractivity (Wildman–Crippen MR) is 184 cm³/mol. The molecule has 2 N–H and O–H groups in total. The number of carbonyl (C=O) groups is 3. The van der Waals surface area contributed by atoms with Crippen LogP contribution in [0.15, 0.2) is 83.8 Å². The number of carbonyl (C=O) groups excluding carboxylic acids is 3. The third-order valence-corrected chi connectivity index (χ3v) is 10.7. The fourth-order valence-electron chi connectivity index (χ4n) is 5.72. The third kappa shape index (κ3) is 7.68. The van der Waals surface area contributed by atoms with Gasteiger partial charge in [-0.25, -0.2) is 4.79 Å². The lowest BCUT2D eigenvalue weighted by molar-refractivity contribution is -0.115. The zero-order valence-corrected chi connectivity index (χ0v) is 28.1. The quantitative estimate of drug-likeness (QED) is 0.141. The number of anilines is 2. The van der Waals surface area contributed by atoms with Crippen LogP contribution in [-0.2, 0) is 22.4 Å². The van der Waals surface area contributed by atoms with E-state index in [4.69, 9.17) is 4.74 Å². The van der Waals surface area contributed by atoms with Crippen LogP contribution in [0.25, 0.3) is 0 Å². The Bertz CT molecular complexity index is 1690. The average Bonchev–Trinajstić information content (AvgIpc) is 3.37. The fourth-order valence-corrected chi connectivity index (χ4v) is 8.12. The smallest absolute Gasteiger partial charge is 0.341 e. The van der Waals surface area contributed by atoms with E-state index >= 15 is 0 Å². The van der Waals surface area contributed by atoms with Crippen molar-refractivity contribution >= 4 is 51.6 Å². The number of hydrogen-bond acceptors (Lipinski definition) is 6. The van der Waals surface area contributed by atoms with Gasteiger partial charge in [0.25, 0.3) is 5.91 Å². The lowest BCUT2D eigenvalue weighted by Crippen LogP contribution is -2.26. The van der Waals surface area contributed by atoms with Crippen LogP contribution >= 0.6 is 23.1 Å². The van der Waals surface area contributed by atoms with Crippen molar-refractivity contribution < 1.29 is 19.1 Å². The van der Waals surface area contributed by atoms with Crippen molar-refractivity contribution in [2.24, 2.45) is 11.3 Å². The molecule has 0 fully saturated rings. The topological polar surface area (TPSA) is 84.5 Å². The van der Waals surface area contributed by atoms with Gasteiger partial charge in [0.05, 0.1) is 12.2 Å². The van der Waals surface area contributed by atoms with E-state index in [2.05, 4.69) is 31.4 Å². The summed E-state index contributed by atoms with van der Waals surface area (Å²) in [6.07, 6.45) is 2.66. The van der Waals surface area contributed by atoms with E-state index in [1.807, 2.05) is 79.7 Å². The van der Waals surface area contributed by atoms with Crippen molar-refractivity contribution in [2.45, 2.75) is 64.0 Å². The van der Waals surface area contributed by atoms with E-state index < -0.39 is 5.25 Å². The van der Waals surface area contributed by atoms with E-state index in [0.29, 0.717) is 27.7 Å². The maximum Gasteiger partial charge on any atom is 0.341 e. The van der Waals surface area contributed by atoms with Crippen LogP contribution in [0.1, 0.15) is 81.6 Å². The summed E-state index contributed by atoms with van der Waals surface area (Å²) in [4.78, 5) is 42.3. The monoisotopic (exact) mass is 640 g/mol. The molecule has 45 heavy (non-hydrogen) atoms. The first-order chi connectivity index (χ1) is 21.5. The molecule has 0 saturated carbocycles. The van der Waals surface area contributed by atoms with Crippen LogP contribution < -0.4 is 10.6 Å². The van der Waals surface area contributed by atoms with Crippen LogP contribution in [0.2, 0.25) is 0 Å². The molecule has 0 spiro atoms. The van der Waals surface area contributed by atoms with Crippen molar-refractivity contribution in [2.75, 3.05) is 17.2 Å². The number of ether oxygens (including phenoxy) is 1. The Labute approximate surface area is 274 Å². The van der Waals surface area contributed by atoms with Crippen molar-refractivity contribution in [3.8, 4) is 0 Å². The van der Waals surface area contributed by atoms with Gasteiger partial charge in [-0.15, -0.1) is 23.1 Å². The predicted octanol–water partition coefficient (Wildman–Crippen LogP) is 9.11. The van der Waals surface area contributed by atoms with Crippen molar-refractivity contribution in [3.05, 3.63) is 112 Å². The lowest BCUT2D eigenvalue weighted by atomic mass is 9.72. The van der Waals surface area contributed by atoms with Gasteiger partial charge in [-0.05, 0) is 85.4 Å². The van der Waals surface area contributed by atoms with E-state index in [1.54, 1.807) is 13.0 Å². The Balaban J connectivity index is 1.42. The number of thiophene rings is 1. The minimum absolute atomic E-state index is 0.151. The molecule has 2 amide bonds. The van der Waals surface area contributed by atoms with E-state index in [-0.39, 0.29) is 29.8 Å². The maximum atomic E-state index is 14.1. The van der Waals surface area contributed by atoms with Gasteiger partial charge >= 0.3 is 5.97 Å². The second-order valence-electron chi connectivity index (χ2n) is 12.4. The first-order valence-corrected chi connectivity index (χ1v) is 17.1. The van der Waals surface area contributed by atoms with Gasteiger partial charge in [0, 0.05) is 21.0 Å². The lowest BCUT2D eigenvalue weighted by Gasteiger charge is -2.33. The van der Waals surface area contributed by atoms with Crippen molar-refractivity contribution in [1.29, 1.82) is 0 Å². The summed E-state index contributed by atoms with van der Waals surface area (Å²) in [5.41, 5.74) is 4.64. The van der Waals surface area contributed by atoms with Gasteiger partial charge in [0.1, 0.15) is 10.3 Å². The van der Waals surface area contributed by atoms with Gasteiger partial charge < -0.3 is 15.4 Å². The summed E-state index contributed by atoms with van der Waals surface area (Å²) in [5.74, 6) is -0.305. The highest BCUT2D eigenvalue weighted by atomic mass is 32.2. The second-order valence-corrected chi connectivity index (χ2v) is 14.7. The molecular formula is C37H40N2O4S2. The maximum absolute atomic E-state index is 14.1. The van der Waals surface area contributed by atoms with Gasteiger partial charge in [-0.3, -0.25) is 9.59 Å². The Kier molecular flexibility index (Phi) is 10.1. The number of amides is 2. The minimum Gasteiger partial charge on any atom is -0.462 e. The second kappa shape index (κ2) is 14.0. The normalized spacial score (nSPS) is 15.1. The summed E-state index contributed by atoms with van der Waals surface area (Å²) >= 11 is 2.90. The summed E-state index contributed by atoms with van der Waals surface area (Å²) in [6, 6.07) is 24.6. The molecule has 0 saturated heterocycles. The highest BCUT2D eigenvalue weighted by Crippen LogP contribution is 2.45. The molecule has 0 aliphatic heterocycles. The Morgan fingerprint density at radius 2 is 1.71 bits per heavy atom. The van der Waals surface area contributed by atoms with Gasteiger partial charge in [0.2, 0.25) is 5.91 Å². The molecule has 4 aromatic rings. The summed E-state index contributed by atoms with van der Waals surface area (Å²) in [5, 5.41) is 6.08. The Morgan fingerprint density at radius 1 is 0.978 bits per heavy atom. The molecule has 1 heterocycles. The van der Waals surface area contributed by atoms with Gasteiger partial charge in [-0.1, -0.05) is 75.4 Å². The molecule has 0 radical (unpaired) electrons. The number of aryl methyl sites for hydroxylation is 1.